The van der Waals surface area contributed by atoms with Crippen LogP contribution in [-0.4, -0.2) is 34.8 Å². The molecule has 0 spiro atoms. The molecule has 1 fully saturated rings. The largest absolute Gasteiger partial charge is 0.495 e. The van der Waals surface area contributed by atoms with Crippen LogP contribution < -0.4 is 9.46 Å². The fourth-order valence-corrected chi connectivity index (χ4v) is 3.97. The number of nitrogens with one attached hydrogen (secondary N) is 1. The van der Waals surface area contributed by atoms with Gasteiger partial charge in [0.25, 0.3) is 0 Å². The molecule has 0 bridgehead atoms. The third-order valence-corrected chi connectivity index (χ3v) is 4.99. The SMILES string of the molecule is COc1ccc(Br)cc1S(=O)(=O)NC1CCOCC1. The highest BCUT2D eigenvalue weighted by molar-refractivity contribution is 9.10. The van der Waals surface area contributed by atoms with Crippen molar-refractivity contribution < 1.29 is 17.9 Å². The Morgan fingerprint density at radius 3 is 2.68 bits per heavy atom. The second-order valence-electron chi connectivity index (χ2n) is 4.30. The molecule has 1 aromatic carbocycles. The van der Waals surface area contributed by atoms with E-state index in [1.54, 1.807) is 18.2 Å². The van der Waals surface area contributed by atoms with E-state index in [1.165, 1.54) is 7.11 Å². The fraction of sp³-hybridized carbons (Fsp3) is 0.500. The lowest BCUT2D eigenvalue weighted by Gasteiger charge is -2.23. The molecule has 0 unspecified atom stereocenters. The lowest BCUT2D eigenvalue weighted by atomic mass is 10.1. The van der Waals surface area contributed by atoms with Gasteiger partial charge in [0.15, 0.2) is 0 Å². The maximum atomic E-state index is 12.4. The molecule has 1 saturated heterocycles. The molecule has 1 N–H and O–H groups in total. The summed E-state index contributed by atoms with van der Waals surface area (Å²) in [5, 5.41) is 0. The first kappa shape index (κ1) is 14.8. The average molecular weight is 350 g/mol. The molecular weight excluding hydrogens is 334 g/mol. The van der Waals surface area contributed by atoms with E-state index >= 15 is 0 Å². The third kappa shape index (κ3) is 3.68. The van der Waals surface area contributed by atoms with Crippen LogP contribution in [0.1, 0.15) is 12.8 Å². The van der Waals surface area contributed by atoms with E-state index in [0.29, 0.717) is 36.3 Å². The number of rotatable bonds is 4. The van der Waals surface area contributed by atoms with Crippen LogP contribution in [-0.2, 0) is 14.8 Å². The van der Waals surface area contributed by atoms with Crippen LogP contribution in [0.3, 0.4) is 0 Å². The van der Waals surface area contributed by atoms with Gasteiger partial charge in [0.1, 0.15) is 10.6 Å². The summed E-state index contributed by atoms with van der Waals surface area (Å²) in [6.45, 7) is 1.17. The zero-order valence-electron chi connectivity index (χ0n) is 10.6. The molecule has 0 radical (unpaired) electrons. The van der Waals surface area contributed by atoms with E-state index in [-0.39, 0.29) is 10.9 Å². The highest BCUT2D eigenvalue weighted by Gasteiger charge is 2.25. The lowest BCUT2D eigenvalue weighted by molar-refractivity contribution is 0.0832. The molecule has 7 heteroatoms. The molecule has 0 aromatic heterocycles. The van der Waals surface area contributed by atoms with Crippen molar-refractivity contribution in [3.05, 3.63) is 22.7 Å². The Hall–Kier alpha value is -0.630. The Labute approximate surface area is 121 Å². The van der Waals surface area contributed by atoms with Crippen LogP contribution in [0.4, 0.5) is 0 Å². The van der Waals surface area contributed by atoms with Crippen molar-refractivity contribution in [1.82, 2.24) is 4.72 Å². The Bertz CT molecular complexity index is 541. The summed E-state index contributed by atoms with van der Waals surface area (Å²) in [4.78, 5) is 0.149. The molecule has 1 heterocycles. The molecule has 5 nitrogen and oxygen atoms in total. The quantitative estimate of drug-likeness (QED) is 0.901. The van der Waals surface area contributed by atoms with E-state index in [1.807, 2.05) is 0 Å². The van der Waals surface area contributed by atoms with E-state index in [4.69, 9.17) is 9.47 Å². The Kier molecular flexibility index (Phi) is 4.83. The first-order valence-electron chi connectivity index (χ1n) is 5.96. The third-order valence-electron chi connectivity index (χ3n) is 2.96. The number of sulfonamides is 1. The molecule has 2 rings (SSSR count). The van der Waals surface area contributed by atoms with Crippen molar-refractivity contribution in [3.8, 4) is 5.75 Å². The molecule has 1 aliphatic heterocycles. The van der Waals surface area contributed by atoms with Gasteiger partial charge in [0.2, 0.25) is 10.0 Å². The monoisotopic (exact) mass is 349 g/mol. The summed E-state index contributed by atoms with van der Waals surface area (Å²) in [7, 11) is -2.13. The van der Waals surface area contributed by atoms with Crippen molar-refractivity contribution in [3.63, 3.8) is 0 Å². The molecular formula is C12H16BrNO4S. The number of ether oxygens (including phenoxy) is 2. The minimum Gasteiger partial charge on any atom is -0.495 e. The smallest absolute Gasteiger partial charge is 0.244 e. The summed E-state index contributed by atoms with van der Waals surface area (Å²) in [6.07, 6.45) is 1.38. The van der Waals surface area contributed by atoms with Crippen molar-refractivity contribution in [2.45, 2.75) is 23.8 Å². The minimum atomic E-state index is -3.59. The van der Waals surface area contributed by atoms with E-state index in [2.05, 4.69) is 20.7 Å². The van der Waals surface area contributed by atoms with Crippen LogP contribution in [0.2, 0.25) is 0 Å². The van der Waals surface area contributed by atoms with Gasteiger partial charge in [-0.2, -0.15) is 0 Å². The summed E-state index contributed by atoms with van der Waals surface area (Å²) >= 11 is 3.28. The van der Waals surface area contributed by atoms with Crippen molar-refractivity contribution >= 4 is 26.0 Å². The second-order valence-corrected chi connectivity index (χ2v) is 6.90. The average Bonchev–Trinajstić information content (AvgIpc) is 2.39. The van der Waals surface area contributed by atoms with Gasteiger partial charge in [-0.05, 0) is 31.0 Å². The van der Waals surface area contributed by atoms with Crippen LogP contribution >= 0.6 is 15.9 Å². The number of hydrogen-bond donors (Lipinski definition) is 1. The van der Waals surface area contributed by atoms with Gasteiger partial charge >= 0.3 is 0 Å². The standard InChI is InChI=1S/C12H16BrNO4S/c1-17-11-3-2-9(13)8-12(11)19(15,16)14-10-4-6-18-7-5-10/h2-3,8,10,14H,4-7H2,1H3. The summed E-state index contributed by atoms with van der Waals surface area (Å²) in [5.74, 6) is 0.336. The normalized spacial score (nSPS) is 17.4. The molecule has 0 amide bonds. The van der Waals surface area contributed by atoms with Gasteiger partial charge in [-0.3, -0.25) is 0 Å². The van der Waals surface area contributed by atoms with Crippen molar-refractivity contribution in [1.29, 1.82) is 0 Å². The maximum absolute atomic E-state index is 12.4. The molecule has 1 aliphatic rings. The highest BCUT2D eigenvalue weighted by Crippen LogP contribution is 2.27. The van der Waals surface area contributed by atoms with Crippen LogP contribution in [0.15, 0.2) is 27.6 Å². The van der Waals surface area contributed by atoms with E-state index in [0.717, 1.165) is 0 Å². The van der Waals surface area contributed by atoms with Gasteiger partial charge < -0.3 is 9.47 Å². The Balaban J connectivity index is 2.25. The first-order chi connectivity index (χ1) is 9.03. The molecule has 0 aliphatic carbocycles. The van der Waals surface area contributed by atoms with Gasteiger partial charge in [-0.15, -0.1) is 0 Å². The highest BCUT2D eigenvalue weighted by atomic mass is 79.9. The summed E-state index contributed by atoms with van der Waals surface area (Å²) < 4.78 is 38.5. The predicted molar refractivity (Wildman–Crippen MR) is 74.9 cm³/mol. The molecule has 19 heavy (non-hydrogen) atoms. The van der Waals surface area contributed by atoms with Crippen LogP contribution in [0.5, 0.6) is 5.75 Å². The second kappa shape index (κ2) is 6.21. The number of hydrogen-bond acceptors (Lipinski definition) is 4. The molecule has 106 valence electrons. The zero-order valence-corrected chi connectivity index (χ0v) is 13.0. The number of methoxy groups -OCH3 is 1. The fourth-order valence-electron chi connectivity index (χ4n) is 1.96. The first-order valence-corrected chi connectivity index (χ1v) is 8.24. The molecule has 1 aromatic rings. The van der Waals surface area contributed by atoms with Gasteiger partial charge in [0.05, 0.1) is 7.11 Å². The van der Waals surface area contributed by atoms with Gasteiger partial charge in [-0.1, -0.05) is 15.9 Å². The molecule has 0 atom stereocenters. The minimum absolute atomic E-state index is 0.0811. The number of benzene rings is 1. The molecule has 0 saturated carbocycles. The zero-order chi connectivity index (χ0) is 13.9. The number of halogens is 1. The van der Waals surface area contributed by atoms with Crippen LogP contribution in [0, 0.1) is 0 Å². The Morgan fingerprint density at radius 2 is 2.05 bits per heavy atom. The van der Waals surface area contributed by atoms with Crippen LogP contribution in [0.25, 0.3) is 0 Å². The van der Waals surface area contributed by atoms with Gasteiger partial charge in [-0.25, -0.2) is 13.1 Å². The van der Waals surface area contributed by atoms with Crippen molar-refractivity contribution in [2.75, 3.05) is 20.3 Å². The maximum Gasteiger partial charge on any atom is 0.244 e. The van der Waals surface area contributed by atoms with E-state index < -0.39 is 10.0 Å². The summed E-state index contributed by atoms with van der Waals surface area (Å²) in [5.41, 5.74) is 0. The Morgan fingerprint density at radius 1 is 1.37 bits per heavy atom. The van der Waals surface area contributed by atoms with Crippen molar-refractivity contribution in [2.24, 2.45) is 0 Å². The van der Waals surface area contributed by atoms with E-state index in [9.17, 15) is 8.42 Å². The van der Waals surface area contributed by atoms with Gasteiger partial charge in [0, 0.05) is 23.7 Å². The predicted octanol–water partition coefficient (Wildman–Crippen LogP) is 1.91. The summed E-state index contributed by atoms with van der Waals surface area (Å²) in [6, 6.07) is 4.83. The lowest BCUT2D eigenvalue weighted by Crippen LogP contribution is -2.38. The topological polar surface area (TPSA) is 64.6 Å².